The molecule has 1 aliphatic rings. The maximum Gasteiger partial charge on any atom is 0.0184 e. The first kappa shape index (κ1) is 10.4. The molecule has 0 amide bonds. The van der Waals surface area contributed by atoms with Crippen molar-refractivity contribution < 1.29 is 0 Å². The Morgan fingerprint density at radius 1 is 1.58 bits per heavy atom. The molecule has 0 aromatic carbocycles. The molecule has 1 atom stereocenters. The van der Waals surface area contributed by atoms with E-state index in [9.17, 15) is 0 Å². The summed E-state index contributed by atoms with van der Waals surface area (Å²) in [6.45, 7) is 2.29. The van der Waals surface area contributed by atoms with Crippen LogP contribution in [0.2, 0.25) is 0 Å². The van der Waals surface area contributed by atoms with Gasteiger partial charge in [-0.1, -0.05) is 0 Å². The van der Waals surface area contributed by atoms with Crippen LogP contribution in [-0.4, -0.2) is 49.6 Å². The number of hydrogen-bond donors (Lipinski definition) is 1. The molecular formula is C9H20N2S. The van der Waals surface area contributed by atoms with Gasteiger partial charge in [-0.15, -0.1) is 0 Å². The van der Waals surface area contributed by atoms with Crippen LogP contribution in [0.1, 0.15) is 12.8 Å². The maximum absolute atomic E-state index is 3.19. The Morgan fingerprint density at radius 2 is 2.42 bits per heavy atom. The quantitative estimate of drug-likeness (QED) is 0.709. The summed E-state index contributed by atoms with van der Waals surface area (Å²) in [5.41, 5.74) is 0. The summed E-state index contributed by atoms with van der Waals surface area (Å²) in [4.78, 5) is 2.49. The van der Waals surface area contributed by atoms with Gasteiger partial charge in [-0.05, 0) is 32.7 Å². The fraction of sp³-hybridized carbons (Fsp3) is 1.00. The molecule has 0 aromatic heterocycles. The highest BCUT2D eigenvalue weighted by Gasteiger charge is 2.17. The normalized spacial score (nSPS) is 24.8. The van der Waals surface area contributed by atoms with E-state index in [1.165, 1.54) is 30.9 Å². The zero-order valence-corrected chi connectivity index (χ0v) is 8.99. The summed E-state index contributed by atoms with van der Waals surface area (Å²) in [5.74, 6) is 2.70. The van der Waals surface area contributed by atoms with Crippen LogP contribution in [0.5, 0.6) is 0 Å². The third-order valence-corrected chi connectivity index (χ3v) is 3.67. The lowest BCUT2D eigenvalue weighted by Crippen LogP contribution is -2.39. The van der Waals surface area contributed by atoms with Gasteiger partial charge in [-0.3, -0.25) is 0 Å². The van der Waals surface area contributed by atoms with Crippen molar-refractivity contribution in [3.05, 3.63) is 0 Å². The number of hydrogen-bond acceptors (Lipinski definition) is 3. The van der Waals surface area contributed by atoms with E-state index in [1.807, 2.05) is 7.05 Å². The molecule has 0 spiro atoms. The first-order valence-corrected chi connectivity index (χ1v) is 5.92. The van der Waals surface area contributed by atoms with E-state index in [0.29, 0.717) is 0 Å². The van der Waals surface area contributed by atoms with Crippen LogP contribution in [0.3, 0.4) is 0 Å². The van der Waals surface area contributed by atoms with Gasteiger partial charge in [0.1, 0.15) is 0 Å². The van der Waals surface area contributed by atoms with Crippen LogP contribution in [0.4, 0.5) is 0 Å². The molecule has 0 saturated carbocycles. The zero-order valence-electron chi connectivity index (χ0n) is 8.18. The van der Waals surface area contributed by atoms with Crippen LogP contribution >= 0.6 is 11.8 Å². The molecule has 1 unspecified atom stereocenters. The summed E-state index contributed by atoms with van der Waals surface area (Å²) in [7, 11) is 4.26. The predicted molar refractivity (Wildman–Crippen MR) is 56.9 cm³/mol. The molecule has 1 fully saturated rings. The Morgan fingerprint density at radius 3 is 3.00 bits per heavy atom. The maximum atomic E-state index is 3.19. The molecule has 1 N–H and O–H groups in total. The lowest BCUT2D eigenvalue weighted by Gasteiger charge is -2.30. The van der Waals surface area contributed by atoms with Gasteiger partial charge < -0.3 is 10.2 Å². The summed E-state index contributed by atoms with van der Waals surface area (Å²) in [6, 6.07) is 0.831. The summed E-state index contributed by atoms with van der Waals surface area (Å²) >= 11 is 2.10. The van der Waals surface area contributed by atoms with Gasteiger partial charge in [0.15, 0.2) is 0 Å². The largest absolute Gasteiger partial charge is 0.318 e. The lowest BCUT2D eigenvalue weighted by molar-refractivity contribution is 0.248. The fourth-order valence-electron chi connectivity index (χ4n) is 1.54. The van der Waals surface area contributed by atoms with Gasteiger partial charge in [-0.25, -0.2) is 0 Å². The standard InChI is InChI=1S/C9H20N2S/c1-10-5-6-11(2)9-4-3-7-12-8-9/h9-10H,3-8H2,1-2H3. The van der Waals surface area contributed by atoms with Crippen molar-refractivity contribution in [3.8, 4) is 0 Å². The number of nitrogens with zero attached hydrogens (tertiary/aromatic N) is 1. The van der Waals surface area contributed by atoms with E-state index >= 15 is 0 Å². The number of nitrogens with one attached hydrogen (secondary N) is 1. The van der Waals surface area contributed by atoms with E-state index in [2.05, 4.69) is 29.0 Å². The highest BCUT2D eigenvalue weighted by molar-refractivity contribution is 7.99. The second kappa shape index (κ2) is 5.84. The summed E-state index contributed by atoms with van der Waals surface area (Å²) in [5, 5.41) is 3.19. The smallest absolute Gasteiger partial charge is 0.0184 e. The van der Waals surface area contributed by atoms with Crippen molar-refractivity contribution in [2.24, 2.45) is 0 Å². The molecule has 0 aliphatic carbocycles. The Balaban J connectivity index is 2.15. The SMILES string of the molecule is CNCCN(C)C1CCCSC1. The van der Waals surface area contributed by atoms with Gasteiger partial charge in [-0.2, -0.15) is 11.8 Å². The van der Waals surface area contributed by atoms with Gasteiger partial charge >= 0.3 is 0 Å². The summed E-state index contributed by atoms with van der Waals surface area (Å²) < 4.78 is 0. The van der Waals surface area contributed by atoms with Crippen LogP contribution in [-0.2, 0) is 0 Å². The minimum absolute atomic E-state index is 0.831. The molecule has 0 bridgehead atoms. The van der Waals surface area contributed by atoms with Crippen LogP contribution in [0.25, 0.3) is 0 Å². The molecule has 1 heterocycles. The molecule has 2 nitrogen and oxygen atoms in total. The lowest BCUT2D eigenvalue weighted by atomic mass is 10.1. The minimum Gasteiger partial charge on any atom is -0.318 e. The first-order chi connectivity index (χ1) is 5.84. The van der Waals surface area contributed by atoms with E-state index in [1.54, 1.807) is 0 Å². The number of likely N-dealkylation sites (N-methyl/N-ethyl adjacent to an activating group) is 2. The zero-order chi connectivity index (χ0) is 8.81. The molecule has 12 heavy (non-hydrogen) atoms. The monoisotopic (exact) mass is 188 g/mol. The van der Waals surface area contributed by atoms with E-state index in [4.69, 9.17) is 0 Å². The summed E-state index contributed by atoms with van der Waals surface area (Å²) in [6.07, 6.45) is 2.80. The van der Waals surface area contributed by atoms with Crippen LogP contribution in [0, 0.1) is 0 Å². The van der Waals surface area contributed by atoms with E-state index < -0.39 is 0 Å². The number of rotatable bonds is 4. The Bertz CT molecular complexity index is 113. The fourth-order valence-corrected chi connectivity index (χ4v) is 2.77. The Kier molecular flexibility index (Phi) is 5.04. The number of thioether (sulfide) groups is 1. The van der Waals surface area contributed by atoms with Crippen LogP contribution < -0.4 is 5.32 Å². The highest BCUT2D eigenvalue weighted by atomic mass is 32.2. The van der Waals surface area contributed by atoms with Gasteiger partial charge in [0.05, 0.1) is 0 Å². The molecule has 72 valence electrons. The van der Waals surface area contributed by atoms with Gasteiger partial charge in [0.25, 0.3) is 0 Å². The van der Waals surface area contributed by atoms with Crippen molar-refractivity contribution in [2.75, 3.05) is 38.7 Å². The second-order valence-corrected chi connectivity index (χ2v) is 4.60. The minimum atomic E-state index is 0.831. The molecule has 1 rings (SSSR count). The molecule has 1 saturated heterocycles. The molecule has 1 aliphatic heterocycles. The average molecular weight is 188 g/mol. The third-order valence-electron chi connectivity index (χ3n) is 2.47. The Hall–Kier alpha value is 0.270. The molecular weight excluding hydrogens is 168 g/mol. The second-order valence-electron chi connectivity index (χ2n) is 3.46. The first-order valence-electron chi connectivity index (χ1n) is 4.77. The third kappa shape index (κ3) is 3.33. The van der Waals surface area contributed by atoms with Crippen LogP contribution in [0.15, 0.2) is 0 Å². The Labute approximate surface area is 80.1 Å². The van der Waals surface area contributed by atoms with Gasteiger partial charge in [0, 0.05) is 24.9 Å². The van der Waals surface area contributed by atoms with Crippen molar-refractivity contribution in [3.63, 3.8) is 0 Å². The molecule has 0 radical (unpaired) electrons. The van der Waals surface area contributed by atoms with E-state index in [0.717, 1.165) is 12.6 Å². The topological polar surface area (TPSA) is 15.3 Å². The van der Waals surface area contributed by atoms with Crippen molar-refractivity contribution in [1.29, 1.82) is 0 Å². The van der Waals surface area contributed by atoms with Crippen molar-refractivity contribution >= 4 is 11.8 Å². The van der Waals surface area contributed by atoms with Gasteiger partial charge in [0.2, 0.25) is 0 Å². The highest BCUT2D eigenvalue weighted by Crippen LogP contribution is 2.20. The molecule has 0 aromatic rings. The predicted octanol–water partition coefficient (Wildman–Crippen LogP) is 1.03. The average Bonchev–Trinajstić information content (AvgIpc) is 2.15. The molecule has 3 heteroatoms. The van der Waals surface area contributed by atoms with E-state index in [-0.39, 0.29) is 0 Å². The van der Waals surface area contributed by atoms with Crippen molar-refractivity contribution in [1.82, 2.24) is 10.2 Å². The van der Waals surface area contributed by atoms with Crippen molar-refractivity contribution in [2.45, 2.75) is 18.9 Å².